The number of carbonyl (C=O) groups excluding carboxylic acids is 1. The number of carbonyl (C=O) groups is 2. The minimum Gasteiger partial charge on any atom is -0.497 e. The predicted octanol–water partition coefficient (Wildman–Crippen LogP) is 1.33. The molecule has 0 saturated carbocycles. The lowest BCUT2D eigenvalue weighted by Crippen LogP contribution is -2.09. The molecule has 0 fully saturated rings. The molecule has 1 aromatic rings. The van der Waals surface area contributed by atoms with Gasteiger partial charge in [0.15, 0.2) is 11.5 Å². The van der Waals surface area contributed by atoms with Crippen LogP contribution in [-0.2, 0) is 4.79 Å². The van der Waals surface area contributed by atoms with Gasteiger partial charge in [0.1, 0.15) is 11.3 Å². The molecular weight excluding hydrogens is 228 g/mol. The molecule has 0 aliphatic carbocycles. The molecule has 0 aromatic heterocycles. The van der Waals surface area contributed by atoms with Gasteiger partial charge in [0.25, 0.3) is 0 Å². The molecule has 0 amide bonds. The second kappa shape index (κ2) is 5.20. The highest BCUT2D eigenvalue weighted by Crippen LogP contribution is 2.35. The van der Waals surface area contributed by atoms with Crippen LogP contribution in [0.2, 0.25) is 0 Å². The van der Waals surface area contributed by atoms with Crippen molar-refractivity contribution in [2.75, 3.05) is 14.2 Å². The van der Waals surface area contributed by atoms with Crippen molar-refractivity contribution in [3.63, 3.8) is 0 Å². The van der Waals surface area contributed by atoms with Gasteiger partial charge in [-0.3, -0.25) is 4.79 Å². The van der Waals surface area contributed by atoms with Crippen molar-refractivity contribution in [2.24, 2.45) is 0 Å². The molecule has 1 N–H and O–H groups in total. The molecule has 0 saturated heterocycles. The molecular formula is C11H12O6. The summed E-state index contributed by atoms with van der Waals surface area (Å²) in [5, 5.41) is 9.02. The van der Waals surface area contributed by atoms with E-state index in [0.717, 1.165) is 0 Å². The number of carboxylic acids is 1. The van der Waals surface area contributed by atoms with Crippen LogP contribution in [0.25, 0.3) is 0 Å². The van der Waals surface area contributed by atoms with E-state index in [9.17, 15) is 9.59 Å². The Morgan fingerprint density at radius 1 is 1.18 bits per heavy atom. The van der Waals surface area contributed by atoms with Crippen LogP contribution < -0.4 is 14.2 Å². The van der Waals surface area contributed by atoms with Crippen molar-refractivity contribution in [3.8, 4) is 17.2 Å². The third-order valence-corrected chi connectivity index (χ3v) is 1.96. The number of rotatable bonds is 4. The van der Waals surface area contributed by atoms with Gasteiger partial charge in [0, 0.05) is 13.0 Å². The Hall–Kier alpha value is -2.24. The van der Waals surface area contributed by atoms with Crippen LogP contribution in [0, 0.1) is 0 Å². The molecule has 0 atom stereocenters. The number of carboxylic acid groups (broad SMARTS) is 1. The molecule has 0 aliphatic rings. The number of esters is 1. The van der Waals surface area contributed by atoms with Crippen molar-refractivity contribution in [3.05, 3.63) is 17.7 Å². The number of methoxy groups -OCH3 is 2. The minimum absolute atomic E-state index is 0.122. The zero-order chi connectivity index (χ0) is 13.0. The fraction of sp³-hybridized carbons (Fsp3) is 0.273. The first-order valence-corrected chi connectivity index (χ1v) is 4.67. The van der Waals surface area contributed by atoms with Crippen LogP contribution >= 0.6 is 0 Å². The molecule has 0 spiro atoms. The summed E-state index contributed by atoms with van der Waals surface area (Å²) in [7, 11) is 2.74. The van der Waals surface area contributed by atoms with Crippen molar-refractivity contribution < 1.29 is 28.9 Å². The molecule has 0 heterocycles. The summed E-state index contributed by atoms with van der Waals surface area (Å²) in [4.78, 5) is 21.9. The largest absolute Gasteiger partial charge is 0.497 e. The summed E-state index contributed by atoms with van der Waals surface area (Å²) in [6.45, 7) is 1.18. The van der Waals surface area contributed by atoms with Crippen LogP contribution in [-0.4, -0.2) is 31.3 Å². The van der Waals surface area contributed by atoms with E-state index in [1.165, 1.54) is 33.3 Å². The molecule has 0 radical (unpaired) electrons. The second-order valence-corrected chi connectivity index (χ2v) is 3.11. The van der Waals surface area contributed by atoms with Gasteiger partial charge in [-0.15, -0.1) is 0 Å². The van der Waals surface area contributed by atoms with E-state index in [0.29, 0.717) is 5.75 Å². The Labute approximate surface area is 97.7 Å². The van der Waals surface area contributed by atoms with E-state index < -0.39 is 11.9 Å². The lowest BCUT2D eigenvalue weighted by molar-refractivity contribution is -0.132. The van der Waals surface area contributed by atoms with Crippen LogP contribution in [0.15, 0.2) is 12.1 Å². The topological polar surface area (TPSA) is 82.1 Å². The van der Waals surface area contributed by atoms with Crippen LogP contribution in [0.5, 0.6) is 17.2 Å². The Morgan fingerprint density at radius 2 is 1.82 bits per heavy atom. The third kappa shape index (κ3) is 2.87. The number of aromatic carboxylic acids is 1. The van der Waals surface area contributed by atoms with E-state index >= 15 is 0 Å². The Morgan fingerprint density at radius 3 is 2.24 bits per heavy atom. The maximum absolute atomic E-state index is 11.0. The average Bonchev–Trinajstić information content (AvgIpc) is 2.28. The van der Waals surface area contributed by atoms with Crippen molar-refractivity contribution in [1.29, 1.82) is 0 Å². The summed E-state index contributed by atoms with van der Waals surface area (Å²) in [6, 6.07) is 2.69. The van der Waals surface area contributed by atoms with Gasteiger partial charge in [-0.1, -0.05) is 0 Å². The third-order valence-electron chi connectivity index (χ3n) is 1.96. The maximum atomic E-state index is 11.0. The Balaban J connectivity index is 3.40. The Bertz CT molecular complexity index is 452. The Kier molecular flexibility index (Phi) is 3.92. The zero-order valence-corrected chi connectivity index (χ0v) is 9.64. The maximum Gasteiger partial charge on any atom is 0.339 e. The number of hydrogen-bond donors (Lipinski definition) is 1. The minimum atomic E-state index is -1.24. The normalized spacial score (nSPS) is 9.59. The first-order chi connectivity index (χ1) is 7.99. The number of benzene rings is 1. The quantitative estimate of drug-likeness (QED) is 0.631. The molecule has 1 aromatic carbocycles. The summed E-state index contributed by atoms with van der Waals surface area (Å²) < 4.78 is 14.7. The first kappa shape index (κ1) is 12.8. The van der Waals surface area contributed by atoms with Crippen LogP contribution in [0.3, 0.4) is 0 Å². The van der Waals surface area contributed by atoms with E-state index in [-0.39, 0.29) is 17.1 Å². The summed E-state index contributed by atoms with van der Waals surface area (Å²) in [6.07, 6.45) is 0. The zero-order valence-electron chi connectivity index (χ0n) is 9.64. The predicted molar refractivity (Wildman–Crippen MR) is 57.8 cm³/mol. The van der Waals surface area contributed by atoms with E-state index in [1.807, 2.05) is 0 Å². The van der Waals surface area contributed by atoms with Crippen molar-refractivity contribution in [1.82, 2.24) is 0 Å². The van der Waals surface area contributed by atoms with Crippen molar-refractivity contribution >= 4 is 11.9 Å². The molecule has 0 unspecified atom stereocenters. The number of ether oxygens (including phenoxy) is 3. The molecule has 17 heavy (non-hydrogen) atoms. The van der Waals surface area contributed by atoms with E-state index in [4.69, 9.17) is 19.3 Å². The fourth-order valence-electron chi connectivity index (χ4n) is 1.25. The van der Waals surface area contributed by atoms with Gasteiger partial charge in [-0.05, 0) is 6.07 Å². The van der Waals surface area contributed by atoms with Gasteiger partial charge in [-0.2, -0.15) is 0 Å². The highest BCUT2D eigenvalue weighted by Gasteiger charge is 2.20. The molecule has 0 bridgehead atoms. The van der Waals surface area contributed by atoms with E-state index in [2.05, 4.69) is 0 Å². The van der Waals surface area contributed by atoms with Gasteiger partial charge in [0.05, 0.1) is 14.2 Å². The molecule has 92 valence electrons. The second-order valence-electron chi connectivity index (χ2n) is 3.11. The smallest absolute Gasteiger partial charge is 0.339 e. The lowest BCUT2D eigenvalue weighted by atomic mass is 10.1. The molecule has 6 heteroatoms. The average molecular weight is 240 g/mol. The standard InChI is InChI=1S/C11H12O6/c1-6(12)17-10-8(11(13)14)4-7(15-2)5-9(10)16-3/h4-5H,1-3H3,(H,13,14). The van der Waals surface area contributed by atoms with Crippen LogP contribution in [0.1, 0.15) is 17.3 Å². The molecule has 6 nitrogen and oxygen atoms in total. The van der Waals surface area contributed by atoms with Gasteiger partial charge in [-0.25, -0.2) is 4.79 Å². The van der Waals surface area contributed by atoms with E-state index in [1.54, 1.807) is 0 Å². The SMILES string of the molecule is COc1cc(OC)c(OC(C)=O)c(C(=O)O)c1. The highest BCUT2D eigenvalue weighted by molar-refractivity contribution is 5.93. The van der Waals surface area contributed by atoms with Gasteiger partial charge < -0.3 is 19.3 Å². The molecule has 0 aliphatic heterocycles. The van der Waals surface area contributed by atoms with Crippen molar-refractivity contribution in [2.45, 2.75) is 6.92 Å². The highest BCUT2D eigenvalue weighted by atomic mass is 16.6. The number of hydrogen-bond acceptors (Lipinski definition) is 5. The summed E-state index contributed by atoms with van der Waals surface area (Å²) in [5.41, 5.74) is -0.198. The van der Waals surface area contributed by atoms with Gasteiger partial charge >= 0.3 is 11.9 Å². The fourth-order valence-corrected chi connectivity index (χ4v) is 1.25. The van der Waals surface area contributed by atoms with Gasteiger partial charge in [0.2, 0.25) is 0 Å². The summed E-state index contributed by atoms with van der Waals surface area (Å²) in [5.74, 6) is -1.57. The first-order valence-electron chi connectivity index (χ1n) is 4.67. The lowest BCUT2D eigenvalue weighted by Gasteiger charge is -2.12. The molecule has 1 rings (SSSR count). The monoisotopic (exact) mass is 240 g/mol. The van der Waals surface area contributed by atoms with Crippen LogP contribution in [0.4, 0.5) is 0 Å². The summed E-state index contributed by atoms with van der Waals surface area (Å²) >= 11 is 0.